The molecule has 0 heterocycles. The summed E-state index contributed by atoms with van der Waals surface area (Å²) in [5, 5.41) is 8.65. The Balaban J connectivity index is 4.31. The molecule has 6 heteroatoms. The number of rotatable bonds is 9. The third kappa shape index (κ3) is 7.64. The Hall–Kier alpha value is -0.620. The van der Waals surface area contributed by atoms with Crippen LogP contribution in [-0.2, 0) is 14.8 Å². The molecule has 0 saturated heterocycles. The van der Waals surface area contributed by atoms with Crippen LogP contribution in [-0.4, -0.2) is 31.3 Å². The molecular weight excluding hydrogens is 230 g/mol. The van der Waals surface area contributed by atoms with E-state index in [2.05, 4.69) is 4.72 Å². The number of sulfonamides is 1. The van der Waals surface area contributed by atoms with E-state index in [1.165, 1.54) is 0 Å². The summed E-state index contributed by atoms with van der Waals surface area (Å²) in [5.74, 6) is -0.903. The predicted octanol–water partition coefficient (Wildman–Crippen LogP) is 1.35. The van der Waals surface area contributed by atoms with Crippen LogP contribution < -0.4 is 4.72 Å². The van der Waals surface area contributed by atoms with Gasteiger partial charge in [0.05, 0.1) is 12.2 Å². The molecule has 5 nitrogen and oxygen atoms in total. The number of carbonyl (C=O) groups is 1. The average molecular weight is 251 g/mol. The van der Waals surface area contributed by atoms with E-state index >= 15 is 0 Å². The molecule has 0 aliphatic carbocycles. The molecule has 2 N–H and O–H groups in total. The van der Waals surface area contributed by atoms with Crippen LogP contribution in [0.25, 0.3) is 0 Å². The van der Waals surface area contributed by atoms with Crippen molar-refractivity contribution in [3.8, 4) is 0 Å². The Morgan fingerprint density at radius 3 is 2.38 bits per heavy atom. The van der Waals surface area contributed by atoms with Crippen molar-refractivity contribution in [2.45, 2.75) is 52.0 Å². The Kier molecular flexibility index (Phi) is 7.33. The number of hydrogen-bond donors (Lipinski definition) is 2. The van der Waals surface area contributed by atoms with Crippen molar-refractivity contribution in [3.63, 3.8) is 0 Å². The van der Waals surface area contributed by atoms with Crippen LogP contribution in [0.2, 0.25) is 0 Å². The first-order valence-corrected chi connectivity index (χ1v) is 7.28. The Labute approximate surface area is 97.3 Å². The van der Waals surface area contributed by atoms with Crippen LogP contribution in [0.3, 0.4) is 0 Å². The number of carboxylic acid groups (broad SMARTS) is 1. The van der Waals surface area contributed by atoms with Gasteiger partial charge in [-0.05, 0) is 12.8 Å². The van der Waals surface area contributed by atoms with Crippen LogP contribution >= 0.6 is 0 Å². The van der Waals surface area contributed by atoms with Gasteiger partial charge in [0.15, 0.2) is 0 Å². The molecule has 0 spiro atoms. The summed E-state index contributed by atoms with van der Waals surface area (Å²) in [6.07, 6.45) is 2.56. The summed E-state index contributed by atoms with van der Waals surface area (Å²) in [5.41, 5.74) is 0. The van der Waals surface area contributed by atoms with E-state index in [1.807, 2.05) is 13.8 Å². The quantitative estimate of drug-likeness (QED) is 0.648. The summed E-state index contributed by atoms with van der Waals surface area (Å²) < 4.78 is 25.6. The molecule has 1 atom stereocenters. The standard InChI is InChI=1S/C10H21NO4S/c1-3-5-7-16(14,15)11-9(6-4-2)8-10(12)13/h9,11H,3-8H2,1-2H3,(H,12,13). The maximum atomic E-state index is 11.6. The Morgan fingerprint density at radius 1 is 1.31 bits per heavy atom. The summed E-state index contributed by atoms with van der Waals surface area (Å²) in [4.78, 5) is 10.5. The summed E-state index contributed by atoms with van der Waals surface area (Å²) >= 11 is 0. The van der Waals surface area contributed by atoms with Gasteiger partial charge in [0, 0.05) is 6.04 Å². The van der Waals surface area contributed by atoms with Crippen LogP contribution in [0, 0.1) is 0 Å². The lowest BCUT2D eigenvalue weighted by atomic mass is 10.1. The van der Waals surface area contributed by atoms with Crippen molar-refractivity contribution in [1.82, 2.24) is 4.72 Å². The van der Waals surface area contributed by atoms with E-state index in [4.69, 9.17) is 5.11 Å². The maximum absolute atomic E-state index is 11.6. The minimum Gasteiger partial charge on any atom is -0.481 e. The van der Waals surface area contributed by atoms with Crippen molar-refractivity contribution in [1.29, 1.82) is 0 Å². The largest absolute Gasteiger partial charge is 0.481 e. The first-order valence-electron chi connectivity index (χ1n) is 5.63. The van der Waals surface area contributed by atoms with Gasteiger partial charge in [-0.25, -0.2) is 13.1 Å². The lowest BCUT2D eigenvalue weighted by molar-refractivity contribution is -0.137. The van der Waals surface area contributed by atoms with Crippen molar-refractivity contribution >= 4 is 16.0 Å². The molecule has 0 amide bonds. The molecule has 0 bridgehead atoms. The lowest BCUT2D eigenvalue weighted by Gasteiger charge is -2.15. The molecule has 0 saturated carbocycles. The number of hydrogen-bond acceptors (Lipinski definition) is 3. The van der Waals surface area contributed by atoms with Crippen molar-refractivity contribution in [2.24, 2.45) is 0 Å². The molecule has 0 radical (unpaired) electrons. The predicted molar refractivity (Wildman–Crippen MR) is 62.8 cm³/mol. The fraction of sp³-hybridized carbons (Fsp3) is 0.900. The van der Waals surface area contributed by atoms with E-state index < -0.39 is 22.0 Å². The number of carboxylic acids is 1. The fourth-order valence-corrected chi connectivity index (χ4v) is 2.90. The highest BCUT2D eigenvalue weighted by atomic mass is 32.2. The number of nitrogens with one attached hydrogen (secondary N) is 1. The second-order valence-corrected chi connectivity index (χ2v) is 5.75. The molecular formula is C10H21NO4S. The average Bonchev–Trinajstić information content (AvgIpc) is 2.13. The molecule has 0 rings (SSSR count). The first-order chi connectivity index (χ1) is 7.41. The smallest absolute Gasteiger partial charge is 0.304 e. The first kappa shape index (κ1) is 15.4. The van der Waals surface area contributed by atoms with Gasteiger partial charge < -0.3 is 5.11 Å². The van der Waals surface area contributed by atoms with E-state index in [0.29, 0.717) is 12.8 Å². The molecule has 0 aromatic rings. The van der Waals surface area contributed by atoms with Crippen molar-refractivity contribution in [2.75, 3.05) is 5.75 Å². The topological polar surface area (TPSA) is 83.5 Å². The zero-order valence-electron chi connectivity index (χ0n) is 9.90. The monoisotopic (exact) mass is 251 g/mol. The van der Waals surface area contributed by atoms with Crippen LogP contribution in [0.5, 0.6) is 0 Å². The van der Waals surface area contributed by atoms with E-state index in [0.717, 1.165) is 12.8 Å². The van der Waals surface area contributed by atoms with Gasteiger partial charge in [-0.2, -0.15) is 0 Å². The van der Waals surface area contributed by atoms with Gasteiger partial charge in [-0.3, -0.25) is 4.79 Å². The fourth-order valence-electron chi connectivity index (χ4n) is 1.41. The normalized spacial score (nSPS) is 13.6. The van der Waals surface area contributed by atoms with Gasteiger partial charge in [-0.15, -0.1) is 0 Å². The van der Waals surface area contributed by atoms with Crippen LogP contribution in [0.4, 0.5) is 0 Å². The van der Waals surface area contributed by atoms with E-state index in [1.54, 1.807) is 0 Å². The highest BCUT2D eigenvalue weighted by Gasteiger charge is 2.19. The number of aliphatic carboxylic acids is 1. The molecule has 16 heavy (non-hydrogen) atoms. The van der Waals surface area contributed by atoms with Crippen LogP contribution in [0.15, 0.2) is 0 Å². The highest BCUT2D eigenvalue weighted by Crippen LogP contribution is 2.05. The van der Waals surface area contributed by atoms with Crippen LogP contribution in [0.1, 0.15) is 46.0 Å². The zero-order chi connectivity index (χ0) is 12.6. The highest BCUT2D eigenvalue weighted by molar-refractivity contribution is 7.89. The summed E-state index contributed by atoms with van der Waals surface area (Å²) in [6, 6.07) is -0.482. The minimum absolute atomic E-state index is 0.0728. The second-order valence-electron chi connectivity index (χ2n) is 3.87. The van der Waals surface area contributed by atoms with E-state index in [9.17, 15) is 13.2 Å². The van der Waals surface area contributed by atoms with Crippen molar-refractivity contribution in [3.05, 3.63) is 0 Å². The summed E-state index contributed by atoms with van der Waals surface area (Å²) in [7, 11) is -3.32. The van der Waals surface area contributed by atoms with Gasteiger partial charge in [0.2, 0.25) is 10.0 Å². The zero-order valence-corrected chi connectivity index (χ0v) is 10.7. The van der Waals surface area contributed by atoms with E-state index in [-0.39, 0.29) is 12.2 Å². The SMILES string of the molecule is CCCCS(=O)(=O)NC(CCC)CC(=O)O. The summed E-state index contributed by atoms with van der Waals surface area (Å²) in [6.45, 7) is 3.81. The molecule has 0 aromatic carbocycles. The second kappa shape index (κ2) is 7.62. The van der Waals surface area contributed by atoms with Crippen molar-refractivity contribution < 1.29 is 18.3 Å². The van der Waals surface area contributed by atoms with Gasteiger partial charge in [-0.1, -0.05) is 26.7 Å². The molecule has 96 valence electrons. The van der Waals surface area contributed by atoms with Gasteiger partial charge >= 0.3 is 5.97 Å². The Morgan fingerprint density at radius 2 is 1.94 bits per heavy atom. The van der Waals surface area contributed by atoms with Gasteiger partial charge in [0.25, 0.3) is 0 Å². The third-order valence-corrected chi connectivity index (χ3v) is 3.69. The molecule has 0 aliphatic heterocycles. The molecule has 1 unspecified atom stereocenters. The maximum Gasteiger partial charge on any atom is 0.304 e. The molecule has 0 aliphatic rings. The Bertz CT molecular complexity index is 300. The minimum atomic E-state index is -3.32. The molecule has 0 aromatic heterocycles. The third-order valence-electron chi connectivity index (χ3n) is 2.17. The van der Waals surface area contributed by atoms with Gasteiger partial charge in [0.1, 0.15) is 0 Å². The molecule has 0 fully saturated rings. The lowest BCUT2D eigenvalue weighted by Crippen LogP contribution is -2.37. The number of unbranched alkanes of at least 4 members (excludes halogenated alkanes) is 1.